The van der Waals surface area contributed by atoms with Gasteiger partial charge in [0.25, 0.3) is 0 Å². The molecule has 0 aromatic heterocycles. The lowest BCUT2D eigenvalue weighted by molar-refractivity contribution is -0.184. The van der Waals surface area contributed by atoms with Gasteiger partial charge in [0.1, 0.15) is 0 Å². The van der Waals surface area contributed by atoms with Crippen LogP contribution in [0.5, 0.6) is 11.5 Å². The van der Waals surface area contributed by atoms with Gasteiger partial charge < -0.3 is 14.8 Å². The highest BCUT2D eigenvalue weighted by Gasteiger charge is 2.45. The maximum Gasteiger partial charge on any atom is 0.393 e. The summed E-state index contributed by atoms with van der Waals surface area (Å²) in [5, 5.41) is 3.01. The Kier molecular flexibility index (Phi) is 4.85. The first-order chi connectivity index (χ1) is 9.95. The van der Waals surface area contributed by atoms with E-state index in [1.165, 1.54) is 14.2 Å². The highest BCUT2D eigenvalue weighted by molar-refractivity contribution is 5.55. The first kappa shape index (κ1) is 15.8. The fourth-order valence-corrected chi connectivity index (χ4v) is 2.84. The molecule has 1 fully saturated rings. The molecule has 1 aromatic carbocycles. The lowest BCUT2D eigenvalue weighted by Crippen LogP contribution is -2.41. The molecule has 2 rings (SSSR count). The molecule has 118 valence electrons. The van der Waals surface area contributed by atoms with Crippen molar-refractivity contribution in [2.75, 3.05) is 19.5 Å². The molecule has 1 saturated carbocycles. The van der Waals surface area contributed by atoms with E-state index in [0.717, 1.165) is 6.42 Å². The molecule has 1 aliphatic rings. The second-order valence-corrected chi connectivity index (χ2v) is 5.25. The molecular formula is C15H20F3NO2. The number of ether oxygens (including phenoxy) is 2. The first-order valence-electron chi connectivity index (χ1n) is 7.01. The van der Waals surface area contributed by atoms with Gasteiger partial charge in [-0.1, -0.05) is 12.8 Å². The lowest BCUT2D eigenvalue weighted by Gasteiger charge is -2.34. The number of nitrogens with one attached hydrogen (secondary N) is 1. The van der Waals surface area contributed by atoms with E-state index in [4.69, 9.17) is 9.47 Å². The third kappa shape index (κ3) is 3.74. The molecule has 0 saturated heterocycles. The number of benzene rings is 1. The Hall–Kier alpha value is -1.59. The van der Waals surface area contributed by atoms with Gasteiger partial charge in [-0.05, 0) is 25.0 Å². The van der Waals surface area contributed by atoms with Crippen molar-refractivity contribution in [1.29, 1.82) is 0 Å². The molecule has 0 bridgehead atoms. The van der Waals surface area contributed by atoms with Crippen LogP contribution in [0.25, 0.3) is 0 Å². The van der Waals surface area contributed by atoms with Crippen LogP contribution in [-0.4, -0.2) is 26.4 Å². The fourth-order valence-electron chi connectivity index (χ4n) is 2.84. The molecule has 0 radical (unpaired) electrons. The zero-order valence-corrected chi connectivity index (χ0v) is 12.2. The summed E-state index contributed by atoms with van der Waals surface area (Å²) in [5.41, 5.74) is 0.619. The highest BCUT2D eigenvalue weighted by Crippen LogP contribution is 2.39. The van der Waals surface area contributed by atoms with E-state index in [-0.39, 0.29) is 6.42 Å². The Labute approximate surface area is 122 Å². The van der Waals surface area contributed by atoms with Crippen molar-refractivity contribution in [2.24, 2.45) is 5.92 Å². The summed E-state index contributed by atoms with van der Waals surface area (Å²) in [7, 11) is 3.02. The lowest BCUT2D eigenvalue weighted by atomic mass is 9.84. The Bertz CT molecular complexity index is 476. The van der Waals surface area contributed by atoms with Gasteiger partial charge in [0.2, 0.25) is 0 Å². The van der Waals surface area contributed by atoms with Gasteiger partial charge in [0.05, 0.1) is 20.1 Å². The minimum Gasteiger partial charge on any atom is -0.493 e. The molecule has 6 heteroatoms. The van der Waals surface area contributed by atoms with Crippen LogP contribution in [0.1, 0.15) is 25.7 Å². The Morgan fingerprint density at radius 2 is 1.71 bits per heavy atom. The van der Waals surface area contributed by atoms with Gasteiger partial charge in [-0.2, -0.15) is 13.2 Å². The van der Waals surface area contributed by atoms with Gasteiger partial charge in [-0.25, -0.2) is 0 Å². The molecule has 3 nitrogen and oxygen atoms in total. The van der Waals surface area contributed by atoms with Crippen molar-refractivity contribution in [3.05, 3.63) is 18.2 Å². The summed E-state index contributed by atoms with van der Waals surface area (Å²) in [6.07, 6.45) is -1.99. The van der Waals surface area contributed by atoms with Gasteiger partial charge in [0.15, 0.2) is 11.5 Å². The summed E-state index contributed by atoms with van der Waals surface area (Å²) in [6, 6.07) is 4.48. The van der Waals surface area contributed by atoms with Crippen molar-refractivity contribution in [3.8, 4) is 11.5 Å². The molecular weight excluding hydrogens is 283 g/mol. The van der Waals surface area contributed by atoms with Crippen LogP contribution < -0.4 is 14.8 Å². The van der Waals surface area contributed by atoms with E-state index in [2.05, 4.69) is 5.32 Å². The summed E-state index contributed by atoms with van der Waals surface area (Å²) in [4.78, 5) is 0. The number of hydrogen-bond acceptors (Lipinski definition) is 3. The van der Waals surface area contributed by atoms with Crippen LogP contribution in [0.4, 0.5) is 18.9 Å². The Balaban J connectivity index is 2.15. The molecule has 0 spiro atoms. The standard InChI is InChI=1S/C15H20F3NO2/c1-20-13-8-7-10(9-14(13)21-2)19-12-6-4-3-5-11(12)15(16,17)18/h7-9,11-12,19H,3-6H2,1-2H3. The number of alkyl halides is 3. The summed E-state index contributed by atoms with van der Waals surface area (Å²) in [6.45, 7) is 0. The third-order valence-electron chi connectivity index (χ3n) is 3.92. The first-order valence-corrected chi connectivity index (χ1v) is 7.01. The number of hydrogen-bond donors (Lipinski definition) is 1. The van der Waals surface area contributed by atoms with Crippen molar-refractivity contribution < 1.29 is 22.6 Å². The summed E-state index contributed by atoms with van der Waals surface area (Å²) < 4.78 is 49.5. The van der Waals surface area contributed by atoms with Gasteiger partial charge in [0, 0.05) is 17.8 Å². The molecule has 0 amide bonds. The smallest absolute Gasteiger partial charge is 0.393 e. The van der Waals surface area contributed by atoms with Crippen molar-refractivity contribution in [3.63, 3.8) is 0 Å². The number of anilines is 1. The number of rotatable bonds is 4. The predicted molar refractivity (Wildman–Crippen MR) is 75.0 cm³/mol. The molecule has 0 heterocycles. The average molecular weight is 303 g/mol. The quantitative estimate of drug-likeness (QED) is 0.902. The normalized spacial score (nSPS) is 22.7. The fraction of sp³-hybridized carbons (Fsp3) is 0.600. The predicted octanol–water partition coefficient (Wildman–Crippen LogP) is 4.24. The van der Waals surface area contributed by atoms with Crippen LogP contribution in [0.15, 0.2) is 18.2 Å². The molecule has 21 heavy (non-hydrogen) atoms. The van der Waals surface area contributed by atoms with E-state index in [1.807, 2.05) is 0 Å². The van der Waals surface area contributed by atoms with E-state index in [1.54, 1.807) is 18.2 Å². The zero-order chi connectivity index (χ0) is 15.5. The topological polar surface area (TPSA) is 30.5 Å². The number of halogens is 3. The zero-order valence-electron chi connectivity index (χ0n) is 12.2. The minimum atomic E-state index is -4.16. The maximum atomic E-state index is 13.1. The van der Waals surface area contributed by atoms with E-state index in [0.29, 0.717) is 30.0 Å². The van der Waals surface area contributed by atoms with Crippen LogP contribution in [-0.2, 0) is 0 Å². The highest BCUT2D eigenvalue weighted by atomic mass is 19.4. The second kappa shape index (κ2) is 6.45. The molecule has 2 atom stereocenters. The van der Waals surface area contributed by atoms with E-state index in [9.17, 15) is 13.2 Å². The van der Waals surface area contributed by atoms with Crippen LogP contribution in [0, 0.1) is 5.92 Å². The van der Waals surface area contributed by atoms with Crippen LogP contribution in [0.3, 0.4) is 0 Å². The molecule has 1 N–H and O–H groups in total. The molecule has 0 aliphatic heterocycles. The van der Waals surface area contributed by atoms with Gasteiger partial charge in [-0.15, -0.1) is 0 Å². The summed E-state index contributed by atoms with van der Waals surface area (Å²) in [5.74, 6) is -0.236. The molecule has 1 aromatic rings. The van der Waals surface area contributed by atoms with Crippen molar-refractivity contribution in [1.82, 2.24) is 0 Å². The van der Waals surface area contributed by atoms with Gasteiger partial charge >= 0.3 is 6.18 Å². The monoisotopic (exact) mass is 303 g/mol. The molecule has 1 aliphatic carbocycles. The summed E-state index contributed by atoms with van der Waals surface area (Å²) >= 11 is 0. The average Bonchev–Trinajstić information content (AvgIpc) is 2.46. The third-order valence-corrected chi connectivity index (χ3v) is 3.92. The van der Waals surface area contributed by atoms with Crippen LogP contribution >= 0.6 is 0 Å². The second-order valence-electron chi connectivity index (χ2n) is 5.25. The van der Waals surface area contributed by atoms with E-state index < -0.39 is 18.1 Å². The van der Waals surface area contributed by atoms with Crippen LogP contribution in [0.2, 0.25) is 0 Å². The SMILES string of the molecule is COc1ccc(NC2CCCCC2C(F)(F)F)cc1OC. The Morgan fingerprint density at radius 1 is 1.05 bits per heavy atom. The van der Waals surface area contributed by atoms with Crippen molar-refractivity contribution in [2.45, 2.75) is 37.9 Å². The number of methoxy groups -OCH3 is 2. The largest absolute Gasteiger partial charge is 0.493 e. The maximum absolute atomic E-state index is 13.1. The molecule has 2 unspecified atom stereocenters. The van der Waals surface area contributed by atoms with E-state index >= 15 is 0 Å². The minimum absolute atomic E-state index is 0.189. The van der Waals surface area contributed by atoms with Gasteiger partial charge in [-0.3, -0.25) is 0 Å². The van der Waals surface area contributed by atoms with Crippen molar-refractivity contribution >= 4 is 5.69 Å². The Morgan fingerprint density at radius 3 is 2.33 bits per heavy atom.